The minimum atomic E-state index is -0.439. The van der Waals surface area contributed by atoms with Gasteiger partial charge in [0.15, 0.2) is 0 Å². The molecule has 0 spiro atoms. The molecule has 2 aromatic rings. The Morgan fingerprint density at radius 2 is 1.88 bits per heavy atom. The number of benzene rings is 1. The quantitative estimate of drug-likeness (QED) is 0.791. The molecule has 0 aliphatic carbocycles. The number of aliphatic hydroxyl groups excluding tert-OH is 1. The number of nitrogens with zero attached hydrogens (tertiary/aromatic N) is 1. The number of aromatic amines is 1. The molecule has 5 nitrogen and oxygen atoms in total. The summed E-state index contributed by atoms with van der Waals surface area (Å²) in [5.41, 5.74) is 2.37. The maximum atomic E-state index is 10.3. The highest BCUT2D eigenvalue weighted by Crippen LogP contribution is 2.16. The molecule has 5 heteroatoms. The van der Waals surface area contributed by atoms with Crippen molar-refractivity contribution in [1.82, 2.24) is 0 Å². The van der Waals surface area contributed by atoms with Crippen LogP contribution in [0.25, 0.3) is 0 Å². The van der Waals surface area contributed by atoms with E-state index in [1.807, 2.05) is 24.4 Å². The molecule has 3 N–H and O–H groups in total. The first-order chi connectivity index (χ1) is 12.1. The van der Waals surface area contributed by atoms with Crippen molar-refractivity contribution in [1.29, 1.82) is 0 Å². The van der Waals surface area contributed by atoms with Crippen LogP contribution in [0.1, 0.15) is 11.1 Å². The van der Waals surface area contributed by atoms with Gasteiger partial charge in [0.05, 0.1) is 6.20 Å². The number of H-pyrrole nitrogens is 1. The van der Waals surface area contributed by atoms with E-state index in [9.17, 15) is 5.11 Å². The lowest BCUT2D eigenvalue weighted by atomic mass is 10.1. The van der Waals surface area contributed by atoms with E-state index in [0.717, 1.165) is 38.5 Å². The second kappa shape index (κ2) is 8.32. The molecule has 1 aliphatic rings. The number of pyridine rings is 1. The number of piperazine rings is 1. The van der Waals surface area contributed by atoms with Crippen LogP contribution in [-0.2, 0) is 0 Å². The van der Waals surface area contributed by atoms with Crippen LogP contribution in [0.5, 0.6) is 5.75 Å². The Labute approximate surface area is 149 Å². The third kappa shape index (κ3) is 5.18. The van der Waals surface area contributed by atoms with Crippen molar-refractivity contribution >= 4 is 5.82 Å². The number of quaternary nitrogens is 1. The molecule has 0 saturated carbocycles. The summed E-state index contributed by atoms with van der Waals surface area (Å²) in [5, 5.41) is 10.3. The van der Waals surface area contributed by atoms with Crippen LogP contribution in [0.3, 0.4) is 0 Å². The van der Waals surface area contributed by atoms with Gasteiger partial charge < -0.3 is 14.7 Å². The number of aromatic nitrogens is 1. The maximum Gasteiger partial charge on any atom is 0.274 e. The number of anilines is 1. The monoisotopic (exact) mass is 343 g/mol. The first kappa shape index (κ1) is 17.7. The number of rotatable bonds is 6. The van der Waals surface area contributed by atoms with E-state index < -0.39 is 6.10 Å². The van der Waals surface area contributed by atoms with Crippen molar-refractivity contribution in [2.75, 3.05) is 44.2 Å². The third-order valence-electron chi connectivity index (χ3n) is 4.67. The summed E-state index contributed by atoms with van der Waals surface area (Å²) in [7, 11) is 0. The van der Waals surface area contributed by atoms with E-state index in [1.54, 1.807) is 0 Å². The van der Waals surface area contributed by atoms with E-state index in [0.29, 0.717) is 6.61 Å². The van der Waals surface area contributed by atoms with Gasteiger partial charge in [0, 0.05) is 6.07 Å². The average Bonchev–Trinajstić information content (AvgIpc) is 2.61. The topological polar surface area (TPSA) is 51.3 Å². The molecule has 1 unspecified atom stereocenters. The number of hydrogen-bond donors (Lipinski definition) is 2. The van der Waals surface area contributed by atoms with Crippen molar-refractivity contribution < 1.29 is 19.7 Å². The van der Waals surface area contributed by atoms with Gasteiger partial charge in [0.1, 0.15) is 51.2 Å². The molecule has 1 fully saturated rings. The number of aryl methyl sites for hydroxylation is 2. The molecular weight excluding hydrogens is 314 g/mol. The molecule has 0 amide bonds. The Morgan fingerprint density at radius 3 is 2.52 bits per heavy atom. The van der Waals surface area contributed by atoms with Gasteiger partial charge in [0.25, 0.3) is 5.82 Å². The van der Waals surface area contributed by atoms with Crippen LogP contribution < -0.4 is 19.5 Å². The molecule has 1 aromatic heterocycles. The Bertz CT molecular complexity index is 650. The van der Waals surface area contributed by atoms with Gasteiger partial charge in [-0.3, -0.25) is 4.90 Å². The lowest BCUT2D eigenvalue weighted by Crippen LogP contribution is -3.16. The number of aliphatic hydroxyl groups is 1. The summed E-state index contributed by atoms with van der Waals surface area (Å²) in [4.78, 5) is 7.09. The molecule has 0 bridgehead atoms. The zero-order valence-electron chi connectivity index (χ0n) is 15.2. The molecular formula is C20H29N3O2+2. The minimum absolute atomic E-state index is 0.350. The van der Waals surface area contributed by atoms with E-state index in [4.69, 9.17) is 4.74 Å². The molecule has 1 aliphatic heterocycles. The fourth-order valence-electron chi connectivity index (χ4n) is 3.45. The molecule has 1 atom stereocenters. The standard InChI is InChI=1S/C20H27N3O2/c1-16-11-17(2)13-19(12-16)25-15-18(24)14-22-7-9-23(10-8-22)20-5-3-4-6-21-20/h3-6,11-13,18,24H,7-10,14-15H2,1-2H3/p+2. The van der Waals surface area contributed by atoms with Crippen LogP contribution >= 0.6 is 0 Å². The first-order valence-electron chi connectivity index (χ1n) is 9.04. The predicted molar refractivity (Wildman–Crippen MR) is 98.2 cm³/mol. The number of hydrogen-bond acceptors (Lipinski definition) is 3. The largest absolute Gasteiger partial charge is 0.491 e. The second-order valence-electron chi connectivity index (χ2n) is 6.98. The summed E-state index contributed by atoms with van der Waals surface area (Å²) in [6.45, 7) is 9.27. The van der Waals surface area contributed by atoms with Gasteiger partial charge in [-0.2, -0.15) is 0 Å². The molecule has 1 aromatic carbocycles. The van der Waals surface area contributed by atoms with Gasteiger partial charge in [-0.05, 0) is 43.2 Å². The molecule has 3 rings (SSSR count). The normalized spacial score (nSPS) is 16.7. The van der Waals surface area contributed by atoms with Crippen LogP contribution in [0.15, 0.2) is 42.6 Å². The number of nitrogens with one attached hydrogen (secondary N) is 2. The van der Waals surface area contributed by atoms with E-state index in [1.165, 1.54) is 21.8 Å². The lowest BCUT2D eigenvalue weighted by molar-refractivity contribution is -0.903. The molecule has 134 valence electrons. The highest BCUT2D eigenvalue weighted by molar-refractivity contribution is 5.33. The lowest BCUT2D eigenvalue weighted by Gasteiger charge is -2.29. The van der Waals surface area contributed by atoms with Crippen molar-refractivity contribution in [3.05, 3.63) is 53.7 Å². The fraction of sp³-hybridized carbons (Fsp3) is 0.450. The minimum Gasteiger partial charge on any atom is -0.491 e. The predicted octanol–water partition coefficient (Wildman–Crippen LogP) is 0.262. The van der Waals surface area contributed by atoms with Gasteiger partial charge in [-0.1, -0.05) is 12.1 Å². The van der Waals surface area contributed by atoms with Gasteiger partial charge in [0.2, 0.25) is 0 Å². The first-order valence-corrected chi connectivity index (χ1v) is 9.04. The summed E-state index contributed by atoms with van der Waals surface area (Å²) < 4.78 is 5.78. The van der Waals surface area contributed by atoms with E-state index in [2.05, 4.69) is 41.9 Å². The highest BCUT2D eigenvalue weighted by Gasteiger charge is 2.27. The Morgan fingerprint density at radius 1 is 1.16 bits per heavy atom. The molecule has 25 heavy (non-hydrogen) atoms. The summed E-state index contributed by atoms with van der Waals surface area (Å²) in [5.74, 6) is 2.01. The van der Waals surface area contributed by atoms with Crippen molar-refractivity contribution in [2.24, 2.45) is 0 Å². The van der Waals surface area contributed by atoms with Gasteiger partial charge in [-0.15, -0.1) is 0 Å². The SMILES string of the molecule is Cc1cc(C)cc(OCC(O)C[NH+]2CCN(c3cccc[nH+]3)CC2)c1. The summed E-state index contributed by atoms with van der Waals surface area (Å²) in [6, 6.07) is 12.3. The summed E-state index contributed by atoms with van der Waals surface area (Å²) >= 11 is 0. The van der Waals surface area contributed by atoms with Crippen LogP contribution in [-0.4, -0.2) is 50.5 Å². The van der Waals surface area contributed by atoms with Crippen LogP contribution in [0, 0.1) is 13.8 Å². The maximum absolute atomic E-state index is 10.3. The fourth-order valence-corrected chi connectivity index (χ4v) is 3.45. The Hall–Kier alpha value is -2.11. The third-order valence-corrected chi connectivity index (χ3v) is 4.67. The van der Waals surface area contributed by atoms with Crippen molar-refractivity contribution in [2.45, 2.75) is 20.0 Å². The molecule has 2 heterocycles. The van der Waals surface area contributed by atoms with E-state index in [-0.39, 0.29) is 0 Å². The summed E-state index contributed by atoms with van der Waals surface area (Å²) in [6.07, 6.45) is 1.52. The zero-order chi connectivity index (χ0) is 17.6. The second-order valence-corrected chi connectivity index (χ2v) is 6.98. The smallest absolute Gasteiger partial charge is 0.274 e. The van der Waals surface area contributed by atoms with Gasteiger partial charge in [-0.25, -0.2) is 4.98 Å². The average molecular weight is 343 g/mol. The highest BCUT2D eigenvalue weighted by atomic mass is 16.5. The van der Waals surface area contributed by atoms with Crippen LogP contribution in [0.4, 0.5) is 5.82 Å². The van der Waals surface area contributed by atoms with E-state index >= 15 is 0 Å². The van der Waals surface area contributed by atoms with Crippen LogP contribution in [0.2, 0.25) is 0 Å². The number of ether oxygens (including phenoxy) is 1. The van der Waals surface area contributed by atoms with Crippen molar-refractivity contribution in [3.8, 4) is 5.75 Å². The van der Waals surface area contributed by atoms with Crippen molar-refractivity contribution in [3.63, 3.8) is 0 Å². The zero-order valence-corrected chi connectivity index (χ0v) is 15.2. The Balaban J connectivity index is 1.42. The molecule has 1 saturated heterocycles. The Kier molecular flexibility index (Phi) is 5.89. The molecule has 0 radical (unpaired) electrons. The van der Waals surface area contributed by atoms with Gasteiger partial charge >= 0.3 is 0 Å².